The summed E-state index contributed by atoms with van der Waals surface area (Å²) < 4.78 is 67.2. The lowest BCUT2D eigenvalue weighted by atomic mass is 9.89. The Morgan fingerprint density at radius 3 is 1.73 bits per heavy atom. The fourth-order valence-electron chi connectivity index (χ4n) is 3.22. The number of carbonyl (C=O) groups excluding carboxylic acids is 2. The largest absolute Gasteiger partial charge is 0.466 e. The van der Waals surface area contributed by atoms with Crippen molar-refractivity contribution in [2.75, 3.05) is 18.5 Å². The van der Waals surface area contributed by atoms with Gasteiger partial charge in [-0.05, 0) is 81.4 Å². The minimum absolute atomic E-state index is 0.108. The van der Waals surface area contributed by atoms with Crippen molar-refractivity contribution in [3.63, 3.8) is 0 Å². The van der Waals surface area contributed by atoms with Gasteiger partial charge in [0.25, 0.3) is 0 Å². The lowest BCUT2D eigenvalue weighted by Crippen LogP contribution is -2.48. The minimum Gasteiger partial charge on any atom is -0.466 e. The number of carbonyl (C=O) groups is 2. The fraction of sp³-hybridized carbons (Fsp3) is 0.531. The van der Waals surface area contributed by atoms with Crippen molar-refractivity contribution in [3.8, 4) is 0 Å². The monoisotopic (exact) mass is 736 g/mol. The second-order valence-electron chi connectivity index (χ2n) is 11.7. The van der Waals surface area contributed by atoms with Crippen molar-refractivity contribution in [2.24, 2.45) is 4.40 Å². The first-order chi connectivity index (χ1) is 20.7. The molecule has 2 aromatic carbocycles. The standard InChI is InChI=1S/C16H24FNO3S.C12H16FNOS.C4H7BrO2/c1-6-21-14(19)11-16(5,18-22(20)15(2,3)4)12-9-7-8-10-13(12)17;1-9(14-16(15)12(2,3)4)10-7-5-6-8-11(10)13;1-2-7-4(6)3-5/h7-10,18H,6,11H2,1-5H3;5-8H,1-4H3;2-3H2,1H3/t16-,22+;16-;/m01./s1. The second-order valence-corrected chi connectivity index (χ2v) is 16.2. The number of nitrogens with zero attached hydrogens (tertiary/aromatic N) is 1. The number of hydrogen-bond acceptors (Lipinski definition) is 6. The van der Waals surface area contributed by atoms with Gasteiger partial charge in [-0.1, -0.05) is 52.3 Å². The normalized spacial score (nSPS) is 14.4. The molecule has 0 saturated heterocycles. The lowest BCUT2D eigenvalue weighted by molar-refractivity contribution is -0.144. The summed E-state index contributed by atoms with van der Waals surface area (Å²) in [5.74, 6) is -1.46. The minimum atomic E-state index is -1.46. The van der Waals surface area contributed by atoms with Gasteiger partial charge < -0.3 is 9.47 Å². The topological polar surface area (TPSA) is 111 Å². The number of ether oxygens (including phenoxy) is 2. The molecule has 0 radical (unpaired) electrons. The molecule has 254 valence electrons. The highest BCUT2D eigenvalue weighted by Crippen LogP contribution is 2.29. The molecule has 0 aromatic heterocycles. The molecule has 0 heterocycles. The van der Waals surface area contributed by atoms with Crippen molar-refractivity contribution < 1.29 is 36.3 Å². The molecular formula is C32H47BrF2N2O6S2. The number of nitrogens with one attached hydrogen (secondary N) is 1. The van der Waals surface area contributed by atoms with Crippen LogP contribution in [-0.2, 0) is 46.6 Å². The van der Waals surface area contributed by atoms with Crippen LogP contribution in [0.4, 0.5) is 8.78 Å². The van der Waals surface area contributed by atoms with Gasteiger partial charge in [0.05, 0.1) is 51.4 Å². The highest BCUT2D eigenvalue weighted by molar-refractivity contribution is 9.09. The third kappa shape index (κ3) is 16.2. The van der Waals surface area contributed by atoms with Gasteiger partial charge in [-0.15, -0.1) is 0 Å². The van der Waals surface area contributed by atoms with Crippen LogP contribution in [0.15, 0.2) is 52.9 Å². The number of benzene rings is 2. The quantitative estimate of drug-likeness (QED) is 0.159. The molecular weight excluding hydrogens is 690 g/mol. The average molecular weight is 738 g/mol. The Labute approximate surface area is 280 Å². The van der Waals surface area contributed by atoms with Crippen LogP contribution in [0.1, 0.15) is 86.8 Å². The maximum Gasteiger partial charge on any atom is 0.316 e. The maximum absolute atomic E-state index is 14.2. The van der Waals surface area contributed by atoms with E-state index in [1.54, 1.807) is 64.1 Å². The Hall–Kier alpha value is -2.35. The summed E-state index contributed by atoms with van der Waals surface area (Å²) in [5, 5.41) is 0.292. The molecule has 0 amide bonds. The molecule has 0 aliphatic rings. The molecule has 45 heavy (non-hydrogen) atoms. The van der Waals surface area contributed by atoms with E-state index in [1.807, 2.05) is 41.5 Å². The molecule has 1 N–H and O–H groups in total. The van der Waals surface area contributed by atoms with E-state index < -0.39 is 48.8 Å². The van der Waals surface area contributed by atoms with Gasteiger partial charge in [-0.25, -0.2) is 21.9 Å². The van der Waals surface area contributed by atoms with E-state index in [4.69, 9.17) is 4.74 Å². The van der Waals surface area contributed by atoms with Gasteiger partial charge in [-0.3, -0.25) is 9.59 Å². The van der Waals surface area contributed by atoms with Gasteiger partial charge in [0.1, 0.15) is 28.0 Å². The molecule has 0 spiro atoms. The molecule has 0 aliphatic carbocycles. The summed E-state index contributed by atoms with van der Waals surface area (Å²) in [5.41, 5.74) is 0.0440. The molecule has 0 aliphatic heterocycles. The maximum atomic E-state index is 14.2. The zero-order valence-corrected chi connectivity index (χ0v) is 31.0. The highest BCUT2D eigenvalue weighted by atomic mass is 79.9. The third-order valence-electron chi connectivity index (χ3n) is 5.57. The van der Waals surface area contributed by atoms with E-state index in [2.05, 4.69) is 29.8 Å². The molecule has 2 aromatic rings. The van der Waals surface area contributed by atoms with Gasteiger partial charge in [-0.2, -0.15) is 4.40 Å². The average Bonchev–Trinajstić information content (AvgIpc) is 2.93. The van der Waals surface area contributed by atoms with Gasteiger partial charge >= 0.3 is 11.9 Å². The summed E-state index contributed by atoms with van der Waals surface area (Å²) in [4.78, 5) is 22.0. The van der Waals surface area contributed by atoms with Crippen LogP contribution in [0, 0.1) is 11.6 Å². The smallest absolute Gasteiger partial charge is 0.316 e. The summed E-state index contributed by atoms with van der Waals surface area (Å²) in [7, 11) is -2.82. The molecule has 0 saturated carbocycles. The summed E-state index contributed by atoms with van der Waals surface area (Å²) in [6, 6.07) is 12.5. The first-order valence-electron chi connectivity index (χ1n) is 14.3. The Morgan fingerprint density at radius 2 is 1.31 bits per heavy atom. The molecule has 0 bridgehead atoms. The fourth-order valence-corrected chi connectivity index (χ4v) is 4.90. The van der Waals surface area contributed by atoms with Crippen molar-refractivity contribution in [3.05, 3.63) is 71.3 Å². The third-order valence-corrected chi connectivity index (χ3v) is 9.26. The lowest BCUT2D eigenvalue weighted by Gasteiger charge is -2.33. The van der Waals surface area contributed by atoms with Crippen LogP contribution in [-0.4, -0.2) is 54.1 Å². The predicted molar refractivity (Wildman–Crippen MR) is 183 cm³/mol. The molecule has 3 atom stereocenters. The highest BCUT2D eigenvalue weighted by Gasteiger charge is 2.36. The van der Waals surface area contributed by atoms with E-state index in [0.717, 1.165) is 0 Å². The van der Waals surface area contributed by atoms with Crippen LogP contribution in [0.5, 0.6) is 0 Å². The Balaban J connectivity index is 0.000000733. The number of esters is 2. The molecule has 0 unspecified atom stereocenters. The summed E-state index contributed by atoms with van der Waals surface area (Å²) in [6.07, 6.45) is -0.108. The van der Waals surface area contributed by atoms with Crippen molar-refractivity contribution in [1.29, 1.82) is 0 Å². The van der Waals surface area contributed by atoms with Gasteiger partial charge in [0, 0.05) is 11.1 Å². The summed E-state index contributed by atoms with van der Waals surface area (Å²) in [6.45, 7) is 18.4. The number of halogens is 3. The van der Waals surface area contributed by atoms with Crippen LogP contribution >= 0.6 is 15.9 Å². The Morgan fingerprint density at radius 1 is 0.822 bits per heavy atom. The van der Waals surface area contributed by atoms with Gasteiger partial charge in [0.15, 0.2) is 0 Å². The molecule has 8 nitrogen and oxygen atoms in total. The molecule has 2 rings (SSSR count). The first-order valence-corrected chi connectivity index (χ1v) is 17.6. The van der Waals surface area contributed by atoms with Crippen LogP contribution in [0.2, 0.25) is 0 Å². The zero-order chi connectivity index (χ0) is 35.0. The summed E-state index contributed by atoms with van der Waals surface area (Å²) >= 11 is 2.94. The van der Waals surface area contributed by atoms with E-state index >= 15 is 0 Å². The molecule has 0 fully saturated rings. The van der Waals surface area contributed by atoms with Crippen LogP contribution in [0.3, 0.4) is 0 Å². The number of rotatable bonds is 10. The number of alkyl halides is 1. The SMILES string of the molecule is CC(=N[S@](=O)C(C)(C)C)c1ccccc1F.CCOC(=O)CBr.CCOC(=O)C[C@](C)(N[S@](=O)C(C)(C)C)c1ccccc1F. The molecule has 13 heteroatoms. The van der Waals surface area contributed by atoms with E-state index in [1.165, 1.54) is 12.1 Å². The van der Waals surface area contributed by atoms with Gasteiger partial charge in [0.2, 0.25) is 0 Å². The number of hydrogen-bond donors (Lipinski definition) is 1. The van der Waals surface area contributed by atoms with Crippen molar-refractivity contribution in [2.45, 2.75) is 90.7 Å². The van der Waals surface area contributed by atoms with Crippen molar-refractivity contribution in [1.82, 2.24) is 4.72 Å². The van der Waals surface area contributed by atoms with Crippen molar-refractivity contribution >= 4 is 55.6 Å². The first kappa shape index (κ1) is 42.6. The van der Waals surface area contributed by atoms with E-state index in [9.17, 15) is 26.8 Å². The van der Waals surface area contributed by atoms with E-state index in [-0.39, 0.29) is 24.8 Å². The van der Waals surface area contributed by atoms with E-state index in [0.29, 0.717) is 28.8 Å². The second kappa shape index (κ2) is 20.0. The zero-order valence-electron chi connectivity index (χ0n) is 27.8. The van der Waals surface area contributed by atoms with Crippen LogP contribution < -0.4 is 4.72 Å². The Kier molecular flexibility index (Phi) is 19.0. The van der Waals surface area contributed by atoms with Crippen LogP contribution in [0.25, 0.3) is 0 Å². The Bertz CT molecular complexity index is 1330. The predicted octanol–water partition coefficient (Wildman–Crippen LogP) is 7.09.